The monoisotopic (exact) mass is 167 g/mol. The topological polar surface area (TPSA) is 21.6 Å². The summed E-state index contributed by atoms with van der Waals surface area (Å²) in [5, 5.41) is 0. The molecule has 0 N–H and O–H groups in total. The zero-order valence-electron chi connectivity index (χ0n) is 7.86. The summed E-state index contributed by atoms with van der Waals surface area (Å²) in [5.74, 6) is 0. The number of nitrogens with zero attached hydrogens (tertiary/aromatic N) is 1. The molecule has 0 aromatic carbocycles. The van der Waals surface area contributed by atoms with E-state index in [1.807, 2.05) is 19.9 Å². The van der Waals surface area contributed by atoms with E-state index in [9.17, 15) is 0 Å². The van der Waals surface area contributed by atoms with Crippen molar-refractivity contribution in [3.63, 3.8) is 0 Å². The fraction of sp³-hybridized carbons (Fsp3) is 0.500. The molecule has 12 heavy (non-hydrogen) atoms. The first-order chi connectivity index (χ1) is 5.77. The standard InChI is InChI=1S/C10H17NO/c1-4-7-11-8-5-6-9-12-10(2)3/h4-5,7-8,10H,1,6,9H2,2-3H3/b8-5-,11-7?. The summed E-state index contributed by atoms with van der Waals surface area (Å²) in [6.07, 6.45) is 8.25. The molecule has 0 rings (SSSR count). The van der Waals surface area contributed by atoms with Gasteiger partial charge in [-0.3, -0.25) is 4.99 Å². The highest BCUT2D eigenvalue weighted by Gasteiger charge is 1.88. The SMILES string of the molecule is C=CC=N/C=C\CCOC(C)C. The fourth-order valence-electron chi connectivity index (χ4n) is 0.618. The maximum atomic E-state index is 5.33. The molecule has 0 atom stereocenters. The third-order valence-electron chi connectivity index (χ3n) is 1.12. The molecule has 68 valence electrons. The zero-order valence-corrected chi connectivity index (χ0v) is 7.86. The smallest absolute Gasteiger partial charge is 0.0519 e. The van der Waals surface area contributed by atoms with Gasteiger partial charge in [-0.15, -0.1) is 0 Å². The van der Waals surface area contributed by atoms with Gasteiger partial charge in [0.25, 0.3) is 0 Å². The van der Waals surface area contributed by atoms with Crippen LogP contribution in [0, 0.1) is 0 Å². The Morgan fingerprint density at radius 2 is 2.25 bits per heavy atom. The molecule has 0 fully saturated rings. The lowest BCUT2D eigenvalue weighted by atomic mass is 10.4. The van der Waals surface area contributed by atoms with Gasteiger partial charge >= 0.3 is 0 Å². The van der Waals surface area contributed by atoms with Gasteiger partial charge in [-0.1, -0.05) is 18.7 Å². The highest BCUT2D eigenvalue weighted by Crippen LogP contribution is 1.91. The first-order valence-corrected chi connectivity index (χ1v) is 4.18. The third kappa shape index (κ3) is 9.11. The molecular formula is C10H17NO. The van der Waals surface area contributed by atoms with Crippen molar-refractivity contribution in [2.24, 2.45) is 4.99 Å². The predicted molar refractivity (Wildman–Crippen MR) is 53.5 cm³/mol. The van der Waals surface area contributed by atoms with Gasteiger partial charge in [0.05, 0.1) is 12.7 Å². The van der Waals surface area contributed by atoms with Crippen molar-refractivity contribution in [1.29, 1.82) is 0 Å². The summed E-state index contributed by atoms with van der Waals surface area (Å²) in [7, 11) is 0. The van der Waals surface area contributed by atoms with E-state index in [1.165, 1.54) is 0 Å². The number of hydrogen-bond acceptors (Lipinski definition) is 2. The minimum absolute atomic E-state index is 0.315. The van der Waals surface area contributed by atoms with E-state index < -0.39 is 0 Å². The lowest BCUT2D eigenvalue weighted by molar-refractivity contribution is 0.0826. The number of ether oxygens (including phenoxy) is 1. The zero-order chi connectivity index (χ0) is 9.23. The molecule has 0 aliphatic rings. The van der Waals surface area contributed by atoms with Crippen LogP contribution in [0.1, 0.15) is 20.3 Å². The molecule has 0 aliphatic carbocycles. The van der Waals surface area contributed by atoms with Gasteiger partial charge in [0.1, 0.15) is 0 Å². The highest BCUT2D eigenvalue weighted by atomic mass is 16.5. The Hall–Kier alpha value is -0.890. The molecular weight excluding hydrogens is 150 g/mol. The molecule has 0 unspecified atom stereocenters. The van der Waals surface area contributed by atoms with Crippen LogP contribution in [0.4, 0.5) is 0 Å². The highest BCUT2D eigenvalue weighted by molar-refractivity contribution is 5.70. The summed E-state index contributed by atoms with van der Waals surface area (Å²) in [6, 6.07) is 0. The predicted octanol–water partition coefficient (Wildman–Crippen LogP) is 2.57. The largest absolute Gasteiger partial charge is 0.378 e. The van der Waals surface area contributed by atoms with Gasteiger partial charge in [-0.25, -0.2) is 0 Å². The fourth-order valence-corrected chi connectivity index (χ4v) is 0.618. The Bertz CT molecular complexity index is 159. The first kappa shape index (κ1) is 11.1. The van der Waals surface area contributed by atoms with Crippen molar-refractivity contribution < 1.29 is 4.74 Å². The van der Waals surface area contributed by atoms with E-state index in [0.717, 1.165) is 13.0 Å². The van der Waals surface area contributed by atoms with Crippen molar-refractivity contribution in [1.82, 2.24) is 0 Å². The molecule has 0 aromatic heterocycles. The molecule has 0 aliphatic heterocycles. The van der Waals surface area contributed by atoms with Gasteiger partial charge < -0.3 is 4.74 Å². The van der Waals surface area contributed by atoms with Crippen molar-refractivity contribution in [2.75, 3.05) is 6.61 Å². The van der Waals surface area contributed by atoms with E-state index in [1.54, 1.807) is 18.5 Å². The Kier molecular flexibility index (Phi) is 7.60. The van der Waals surface area contributed by atoms with Crippen LogP contribution in [-0.4, -0.2) is 18.9 Å². The molecule has 0 spiro atoms. The normalized spacial score (nSPS) is 11.9. The van der Waals surface area contributed by atoms with Crippen molar-refractivity contribution >= 4 is 6.21 Å². The molecule has 0 heterocycles. The Morgan fingerprint density at radius 3 is 2.83 bits per heavy atom. The minimum Gasteiger partial charge on any atom is -0.378 e. The van der Waals surface area contributed by atoms with Gasteiger partial charge in [-0.2, -0.15) is 0 Å². The van der Waals surface area contributed by atoms with Gasteiger partial charge in [-0.05, 0) is 20.3 Å². The summed E-state index contributed by atoms with van der Waals surface area (Å²) in [4.78, 5) is 3.93. The van der Waals surface area contributed by atoms with E-state index in [0.29, 0.717) is 6.10 Å². The molecule has 0 bridgehead atoms. The second kappa shape index (κ2) is 8.21. The first-order valence-electron chi connectivity index (χ1n) is 4.18. The molecule has 0 amide bonds. The van der Waals surface area contributed by atoms with Crippen LogP contribution in [0.5, 0.6) is 0 Å². The van der Waals surface area contributed by atoms with Crippen molar-refractivity contribution in [2.45, 2.75) is 26.4 Å². The van der Waals surface area contributed by atoms with Crippen LogP contribution in [0.2, 0.25) is 0 Å². The third-order valence-corrected chi connectivity index (χ3v) is 1.12. The van der Waals surface area contributed by atoms with Crippen LogP contribution in [0.3, 0.4) is 0 Å². The van der Waals surface area contributed by atoms with E-state index in [2.05, 4.69) is 11.6 Å². The Labute approximate surface area is 74.7 Å². The Morgan fingerprint density at radius 1 is 1.50 bits per heavy atom. The van der Waals surface area contributed by atoms with Gasteiger partial charge in [0, 0.05) is 12.4 Å². The van der Waals surface area contributed by atoms with Crippen LogP contribution in [0.25, 0.3) is 0 Å². The minimum atomic E-state index is 0.315. The second-order valence-corrected chi connectivity index (χ2v) is 2.63. The van der Waals surface area contributed by atoms with Crippen molar-refractivity contribution in [3.8, 4) is 0 Å². The van der Waals surface area contributed by atoms with Gasteiger partial charge in [0.2, 0.25) is 0 Å². The lowest BCUT2D eigenvalue weighted by Crippen LogP contribution is -2.02. The van der Waals surface area contributed by atoms with Crippen LogP contribution < -0.4 is 0 Å². The van der Waals surface area contributed by atoms with E-state index >= 15 is 0 Å². The molecule has 2 heteroatoms. The number of hydrogen-bond donors (Lipinski definition) is 0. The number of rotatable bonds is 6. The van der Waals surface area contributed by atoms with Gasteiger partial charge in [0.15, 0.2) is 0 Å². The summed E-state index contributed by atoms with van der Waals surface area (Å²) in [5.41, 5.74) is 0. The summed E-state index contributed by atoms with van der Waals surface area (Å²) in [6.45, 7) is 8.33. The van der Waals surface area contributed by atoms with Crippen molar-refractivity contribution in [3.05, 3.63) is 24.9 Å². The maximum Gasteiger partial charge on any atom is 0.0519 e. The lowest BCUT2D eigenvalue weighted by Gasteiger charge is -2.03. The average molecular weight is 167 g/mol. The van der Waals surface area contributed by atoms with Crippen LogP contribution in [0.15, 0.2) is 29.9 Å². The average Bonchev–Trinajstić information content (AvgIpc) is 2.02. The molecule has 0 aromatic rings. The molecule has 0 saturated heterocycles. The molecule has 2 nitrogen and oxygen atoms in total. The van der Waals surface area contributed by atoms with Crippen LogP contribution in [-0.2, 0) is 4.74 Å². The number of aliphatic imine (C=N–C) groups is 1. The maximum absolute atomic E-state index is 5.33. The Balaban J connectivity index is 3.24. The van der Waals surface area contributed by atoms with Crippen LogP contribution >= 0.6 is 0 Å². The van der Waals surface area contributed by atoms with E-state index in [4.69, 9.17) is 4.74 Å². The second-order valence-electron chi connectivity index (χ2n) is 2.63. The summed E-state index contributed by atoms with van der Waals surface area (Å²) >= 11 is 0. The number of allylic oxidation sites excluding steroid dienone is 1. The van der Waals surface area contributed by atoms with E-state index in [-0.39, 0.29) is 0 Å². The summed E-state index contributed by atoms with van der Waals surface area (Å²) < 4.78 is 5.33. The quantitative estimate of drug-likeness (QED) is 0.440. The molecule has 0 saturated carbocycles. The molecule has 0 radical (unpaired) electrons.